The highest BCUT2D eigenvalue weighted by Gasteiger charge is 2.14. The van der Waals surface area contributed by atoms with Crippen LogP contribution in [0.1, 0.15) is 166 Å². The molecule has 0 heterocycles. The third-order valence-electron chi connectivity index (χ3n) is 9.72. The molecule has 2 heteroatoms. The molecule has 2 nitrogen and oxygen atoms in total. The predicted molar refractivity (Wildman–Crippen MR) is 198 cm³/mol. The maximum atomic E-state index is 5.51. The SMILES string of the molecule is COC(C)(C)C/C=C/C(C)=C/C=C/C(C)CCCC(C)CCCCC(C)CCCC(C)CCCC(C)/C=C/CC(C)(C)OC. The van der Waals surface area contributed by atoms with Gasteiger partial charge in [-0.1, -0.05) is 153 Å². The molecule has 0 aromatic carbocycles. The summed E-state index contributed by atoms with van der Waals surface area (Å²) in [4.78, 5) is 0. The van der Waals surface area contributed by atoms with E-state index in [0.29, 0.717) is 11.8 Å². The Morgan fingerprint density at radius 1 is 0.545 bits per heavy atom. The average molecular weight is 615 g/mol. The van der Waals surface area contributed by atoms with Crippen LogP contribution in [0.4, 0.5) is 0 Å². The molecule has 0 N–H and O–H groups in total. The number of unbranched alkanes of at least 4 members (excludes halogenated alkanes) is 1. The number of methoxy groups -OCH3 is 2. The molecule has 0 saturated heterocycles. The van der Waals surface area contributed by atoms with Gasteiger partial charge in [0.15, 0.2) is 0 Å². The first-order valence-corrected chi connectivity index (χ1v) is 18.5. The zero-order valence-corrected chi connectivity index (χ0v) is 31.9. The van der Waals surface area contributed by atoms with Crippen molar-refractivity contribution in [2.75, 3.05) is 14.2 Å². The van der Waals surface area contributed by atoms with Crippen molar-refractivity contribution in [2.45, 2.75) is 177 Å². The smallest absolute Gasteiger partial charge is 0.0657 e. The van der Waals surface area contributed by atoms with Gasteiger partial charge in [-0.25, -0.2) is 0 Å². The molecule has 0 spiro atoms. The van der Waals surface area contributed by atoms with Gasteiger partial charge < -0.3 is 9.47 Å². The van der Waals surface area contributed by atoms with Crippen LogP contribution in [0.3, 0.4) is 0 Å². The van der Waals surface area contributed by atoms with E-state index in [1.54, 1.807) is 14.2 Å². The maximum absolute atomic E-state index is 5.51. The monoisotopic (exact) mass is 615 g/mol. The normalized spacial score (nSPS) is 17.1. The first-order chi connectivity index (χ1) is 20.7. The Morgan fingerprint density at radius 2 is 0.932 bits per heavy atom. The van der Waals surface area contributed by atoms with Crippen molar-refractivity contribution in [3.05, 3.63) is 48.1 Å². The molecule has 0 fully saturated rings. The van der Waals surface area contributed by atoms with Gasteiger partial charge in [-0.05, 0) is 89.9 Å². The summed E-state index contributed by atoms with van der Waals surface area (Å²) in [7, 11) is 3.58. The van der Waals surface area contributed by atoms with Gasteiger partial charge in [-0.2, -0.15) is 0 Å². The maximum Gasteiger partial charge on any atom is 0.0657 e. The second-order valence-electron chi connectivity index (χ2n) is 15.8. The van der Waals surface area contributed by atoms with E-state index in [-0.39, 0.29) is 11.2 Å². The van der Waals surface area contributed by atoms with E-state index in [1.165, 1.54) is 89.0 Å². The Labute approximate surface area is 277 Å². The number of rotatable bonds is 27. The molecule has 0 aromatic rings. The number of ether oxygens (including phenoxy) is 2. The second kappa shape index (κ2) is 25.0. The third-order valence-corrected chi connectivity index (χ3v) is 9.72. The molecular formula is C42H78O2. The van der Waals surface area contributed by atoms with Crippen LogP contribution in [0.5, 0.6) is 0 Å². The van der Waals surface area contributed by atoms with Crippen LogP contribution in [0.15, 0.2) is 48.1 Å². The van der Waals surface area contributed by atoms with Gasteiger partial charge in [-0.3, -0.25) is 0 Å². The number of hydrogen-bond acceptors (Lipinski definition) is 2. The van der Waals surface area contributed by atoms with E-state index < -0.39 is 0 Å². The fourth-order valence-corrected chi connectivity index (χ4v) is 5.73. The van der Waals surface area contributed by atoms with Gasteiger partial charge in [0.1, 0.15) is 0 Å². The van der Waals surface area contributed by atoms with E-state index in [0.717, 1.165) is 30.6 Å². The van der Waals surface area contributed by atoms with Gasteiger partial charge >= 0.3 is 0 Å². The molecule has 5 atom stereocenters. The molecule has 0 aliphatic rings. The van der Waals surface area contributed by atoms with E-state index in [1.807, 2.05) is 0 Å². The lowest BCUT2D eigenvalue weighted by Gasteiger charge is -2.20. The van der Waals surface area contributed by atoms with Crippen LogP contribution in [0.25, 0.3) is 0 Å². The number of hydrogen-bond donors (Lipinski definition) is 0. The molecule has 0 rings (SSSR count). The lowest BCUT2D eigenvalue weighted by Crippen LogP contribution is -2.20. The first-order valence-electron chi connectivity index (χ1n) is 18.5. The highest BCUT2D eigenvalue weighted by Crippen LogP contribution is 2.24. The van der Waals surface area contributed by atoms with Gasteiger partial charge in [0, 0.05) is 14.2 Å². The molecule has 0 aromatic heterocycles. The largest absolute Gasteiger partial charge is 0.378 e. The molecule has 0 aliphatic heterocycles. The van der Waals surface area contributed by atoms with Crippen LogP contribution in [0, 0.1) is 29.6 Å². The predicted octanol–water partition coefficient (Wildman–Crippen LogP) is 13.5. The fraction of sp³-hybridized carbons (Fsp3) is 0.810. The Balaban J connectivity index is 3.90. The topological polar surface area (TPSA) is 18.5 Å². The molecule has 44 heavy (non-hydrogen) atoms. The Kier molecular flexibility index (Phi) is 24.4. The average Bonchev–Trinajstić information content (AvgIpc) is 2.95. The fourth-order valence-electron chi connectivity index (χ4n) is 5.73. The first kappa shape index (κ1) is 42.9. The Hall–Kier alpha value is -1.12. The van der Waals surface area contributed by atoms with Gasteiger partial charge in [-0.15, -0.1) is 0 Å². The van der Waals surface area contributed by atoms with E-state index in [2.05, 4.69) is 112 Å². The van der Waals surface area contributed by atoms with Crippen molar-refractivity contribution < 1.29 is 9.47 Å². The molecule has 0 bridgehead atoms. The van der Waals surface area contributed by atoms with Crippen LogP contribution in [-0.4, -0.2) is 25.4 Å². The van der Waals surface area contributed by atoms with Gasteiger partial charge in [0.25, 0.3) is 0 Å². The van der Waals surface area contributed by atoms with Crippen LogP contribution in [0.2, 0.25) is 0 Å². The summed E-state index contributed by atoms with van der Waals surface area (Å²) in [6, 6.07) is 0. The number of allylic oxidation sites excluding steroid dienone is 6. The van der Waals surface area contributed by atoms with Crippen molar-refractivity contribution in [1.82, 2.24) is 0 Å². The zero-order chi connectivity index (χ0) is 33.4. The summed E-state index contributed by atoms with van der Waals surface area (Å²) in [5.41, 5.74) is 1.16. The second-order valence-corrected chi connectivity index (χ2v) is 15.8. The van der Waals surface area contributed by atoms with Crippen molar-refractivity contribution in [2.24, 2.45) is 29.6 Å². The third kappa shape index (κ3) is 26.1. The van der Waals surface area contributed by atoms with Crippen molar-refractivity contribution in [3.63, 3.8) is 0 Å². The zero-order valence-electron chi connectivity index (χ0n) is 31.9. The van der Waals surface area contributed by atoms with Gasteiger partial charge in [0.2, 0.25) is 0 Å². The highest BCUT2D eigenvalue weighted by atomic mass is 16.5. The minimum Gasteiger partial charge on any atom is -0.378 e. The quantitative estimate of drug-likeness (QED) is 0.0520. The van der Waals surface area contributed by atoms with Gasteiger partial charge in [0.05, 0.1) is 11.2 Å². The van der Waals surface area contributed by atoms with E-state index in [4.69, 9.17) is 9.47 Å². The molecule has 5 unspecified atom stereocenters. The van der Waals surface area contributed by atoms with Crippen LogP contribution >= 0.6 is 0 Å². The summed E-state index contributed by atoms with van der Waals surface area (Å²) in [6.07, 6.45) is 35.8. The summed E-state index contributed by atoms with van der Waals surface area (Å²) in [5, 5.41) is 0. The molecule has 0 amide bonds. The lowest BCUT2D eigenvalue weighted by atomic mass is 9.90. The van der Waals surface area contributed by atoms with Crippen molar-refractivity contribution in [1.29, 1.82) is 0 Å². The summed E-state index contributed by atoms with van der Waals surface area (Å²) in [5.74, 6) is 3.94. The Bertz CT molecular complexity index is 799. The highest BCUT2D eigenvalue weighted by molar-refractivity contribution is 5.22. The Morgan fingerprint density at radius 3 is 1.39 bits per heavy atom. The minimum absolute atomic E-state index is 0.0453. The summed E-state index contributed by atoms with van der Waals surface area (Å²) >= 11 is 0. The molecule has 258 valence electrons. The molecule has 0 radical (unpaired) electrons. The van der Waals surface area contributed by atoms with Crippen LogP contribution < -0.4 is 0 Å². The minimum atomic E-state index is -0.0875. The molecule has 0 saturated carbocycles. The lowest BCUT2D eigenvalue weighted by molar-refractivity contribution is 0.0251. The van der Waals surface area contributed by atoms with Crippen molar-refractivity contribution >= 4 is 0 Å². The van der Waals surface area contributed by atoms with E-state index in [9.17, 15) is 0 Å². The molecular weight excluding hydrogens is 536 g/mol. The van der Waals surface area contributed by atoms with Crippen LogP contribution in [-0.2, 0) is 9.47 Å². The van der Waals surface area contributed by atoms with Crippen molar-refractivity contribution in [3.8, 4) is 0 Å². The summed E-state index contributed by atoms with van der Waals surface area (Å²) in [6.45, 7) is 22.9. The molecule has 0 aliphatic carbocycles. The van der Waals surface area contributed by atoms with E-state index >= 15 is 0 Å². The standard InChI is InChI=1S/C42H78O2/c1-35(23-15-25-37(3)27-17-29-39(5)31-19-33-41(7,8)43-11)21-13-14-22-36(2)24-16-26-38(4)28-18-30-40(6)32-20-34-42(9,10)44-12/h17,19-20,27,29,31-32,35-38,40H,13-16,18,21-26,28,30,33-34H2,1-12H3/b27-17+,31-19+,32-20+,39-29+. The summed E-state index contributed by atoms with van der Waals surface area (Å²) < 4.78 is 11.0.